The van der Waals surface area contributed by atoms with Crippen LogP contribution >= 0.6 is 11.8 Å². The lowest BCUT2D eigenvalue weighted by atomic mass is 9.76. The van der Waals surface area contributed by atoms with Gasteiger partial charge in [0.15, 0.2) is 0 Å². The maximum absolute atomic E-state index is 12.5. The Morgan fingerprint density at radius 2 is 2.12 bits per heavy atom. The van der Waals surface area contributed by atoms with Gasteiger partial charge < -0.3 is 0 Å². The van der Waals surface area contributed by atoms with Crippen LogP contribution in [0.15, 0.2) is 0 Å². The average Bonchev–Trinajstić information content (AvgIpc) is 2.22. The Kier molecular flexibility index (Phi) is 4.05. The van der Waals surface area contributed by atoms with Gasteiger partial charge in [-0.1, -0.05) is 27.2 Å². The zero-order valence-corrected chi connectivity index (χ0v) is 12.3. The second-order valence-electron chi connectivity index (χ2n) is 5.80. The molecule has 0 aromatic heterocycles. The Labute approximate surface area is 107 Å². The molecule has 0 aromatic carbocycles. The maximum Gasteiger partial charge on any atom is 0.0941 e. The van der Waals surface area contributed by atoms with Gasteiger partial charge in [-0.3, -0.25) is 4.21 Å². The Morgan fingerprint density at radius 1 is 1.38 bits per heavy atom. The molecule has 2 rings (SSSR count). The predicted octanol–water partition coefficient (Wildman–Crippen LogP) is 3.66. The van der Waals surface area contributed by atoms with Crippen LogP contribution < -0.4 is 0 Å². The van der Waals surface area contributed by atoms with Gasteiger partial charge in [0.2, 0.25) is 0 Å². The quantitative estimate of drug-likeness (QED) is 0.716. The summed E-state index contributed by atoms with van der Waals surface area (Å²) in [5, 5.41) is 0. The lowest BCUT2D eigenvalue weighted by molar-refractivity contribution is 0.222. The summed E-state index contributed by atoms with van der Waals surface area (Å²) >= 11 is 2.03. The van der Waals surface area contributed by atoms with Gasteiger partial charge in [0.25, 0.3) is 0 Å². The molecular formula is C13H24OS2. The SMILES string of the molecule is CC(C)[C@H]1CC[C@H](C)C[C@]12SCCC[S@]2=O. The van der Waals surface area contributed by atoms with Crippen molar-refractivity contribution >= 4 is 22.6 Å². The van der Waals surface area contributed by atoms with E-state index in [0.29, 0.717) is 11.8 Å². The Hall–Kier alpha value is 0.500. The molecule has 0 unspecified atom stereocenters. The Morgan fingerprint density at radius 3 is 2.75 bits per heavy atom. The van der Waals surface area contributed by atoms with Crippen LogP contribution in [-0.2, 0) is 10.8 Å². The molecule has 1 aliphatic heterocycles. The van der Waals surface area contributed by atoms with Crippen LogP contribution in [0.3, 0.4) is 0 Å². The smallest absolute Gasteiger partial charge is 0.0941 e. The molecular weight excluding hydrogens is 236 g/mol. The molecule has 2 aliphatic rings. The normalized spacial score (nSPS) is 45.1. The number of thioether (sulfide) groups is 1. The van der Waals surface area contributed by atoms with E-state index in [9.17, 15) is 4.21 Å². The van der Waals surface area contributed by atoms with Crippen LogP contribution in [0.1, 0.15) is 46.5 Å². The lowest BCUT2D eigenvalue weighted by Gasteiger charge is -2.48. The first kappa shape index (κ1) is 12.9. The molecule has 0 aromatic rings. The van der Waals surface area contributed by atoms with Gasteiger partial charge in [0.1, 0.15) is 0 Å². The fourth-order valence-corrected chi connectivity index (χ4v) is 8.16. The number of rotatable bonds is 1. The standard InChI is InChI=1S/C13H24OS2/c1-10(2)12-6-5-11(3)9-13(12)15-7-4-8-16(13)14/h10-12H,4-9H2,1-3H3/t11-,12+,13+,16+/m0/s1. The summed E-state index contributed by atoms with van der Waals surface area (Å²) in [4.78, 5) is 0. The first-order chi connectivity index (χ1) is 7.56. The highest BCUT2D eigenvalue weighted by Gasteiger charge is 2.50. The van der Waals surface area contributed by atoms with Gasteiger partial charge in [-0.25, -0.2) is 0 Å². The van der Waals surface area contributed by atoms with Gasteiger partial charge >= 0.3 is 0 Å². The monoisotopic (exact) mass is 260 g/mol. The van der Waals surface area contributed by atoms with E-state index in [2.05, 4.69) is 20.8 Å². The molecule has 0 N–H and O–H groups in total. The molecule has 1 saturated carbocycles. The minimum atomic E-state index is -0.594. The Bertz CT molecular complexity index is 277. The summed E-state index contributed by atoms with van der Waals surface area (Å²) in [6, 6.07) is 0. The number of hydrogen-bond acceptors (Lipinski definition) is 2. The van der Waals surface area contributed by atoms with Gasteiger partial charge in [-0.15, -0.1) is 11.8 Å². The molecule has 94 valence electrons. The predicted molar refractivity (Wildman–Crippen MR) is 74.2 cm³/mol. The zero-order valence-electron chi connectivity index (χ0n) is 10.7. The van der Waals surface area contributed by atoms with Crippen molar-refractivity contribution in [3.8, 4) is 0 Å². The van der Waals surface area contributed by atoms with Crippen molar-refractivity contribution in [2.24, 2.45) is 17.8 Å². The topological polar surface area (TPSA) is 17.1 Å². The van der Waals surface area contributed by atoms with E-state index in [1.54, 1.807) is 0 Å². The molecule has 3 heteroatoms. The highest BCUT2D eigenvalue weighted by atomic mass is 32.2. The molecule has 0 radical (unpaired) electrons. The van der Waals surface area contributed by atoms with Crippen LogP contribution in [0.5, 0.6) is 0 Å². The van der Waals surface area contributed by atoms with Crippen molar-refractivity contribution in [1.82, 2.24) is 0 Å². The van der Waals surface area contributed by atoms with E-state index in [0.717, 1.165) is 18.1 Å². The van der Waals surface area contributed by atoms with E-state index in [1.165, 1.54) is 25.0 Å². The fraction of sp³-hybridized carbons (Fsp3) is 1.00. The van der Waals surface area contributed by atoms with E-state index >= 15 is 0 Å². The van der Waals surface area contributed by atoms with E-state index < -0.39 is 10.8 Å². The molecule has 2 fully saturated rings. The fourth-order valence-electron chi connectivity index (χ4n) is 3.37. The third kappa shape index (κ3) is 2.22. The summed E-state index contributed by atoms with van der Waals surface area (Å²) in [7, 11) is -0.594. The molecule has 1 heterocycles. The lowest BCUT2D eigenvalue weighted by Crippen LogP contribution is -2.49. The first-order valence-electron chi connectivity index (χ1n) is 6.58. The summed E-state index contributed by atoms with van der Waals surface area (Å²) < 4.78 is 12.6. The average molecular weight is 260 g/mol. The van der Waals surface area contributed by atoms with E-state index in [4.69, 9.17) is 0 Å². The van der Waals surface area contributed by atoms with Crippen molar-refractivity contribution in [1.29, 1.82) is 0 Å². The molecule has 16 heavy (non-hydrogen) atoms. The van der Waals surface area contributed by atoms with Gasteiger partial charge in [-0.2, -0.15) is 0 Å². The molecule has 0 amide bonds. The maximum atomic E-state index is 12.5. The molecule has 1 spiro atoms. The Balaban J connectivity index is 2.26. The largest absolute Gasteiger partial charge is 0.258 e. The summed E-state index contributed by atoms with van der Waals surface area (Å²) in [6.45, 7) is 6.97. The van der Waals surface area contributed by atoms with Crippen molar-refractivity contribution < 1.29 is 4.21 Å². The van der Waals surface area contributed by atoms with E-state index in [1.807, 2.05) is 11.8 Å². The van der Waals surface area contributed by atoms with Crippen LogP contribution in [0, 0.1) is 17.8 Å². The van der Waals surface area contributed by atoms with Crippen molar-refractivity contribution in [3.05, 3.63) is 0 Å². The van der Waals surface area contributed by atoms with Crippen LogP contribution in [0.25, 0.3) is 0 Å². The highest BCUT2D eigenvalue weighted by molar-refractivity contribution is 8.13. The summed E-state index contributed by atoms with van der Waals surface area (Å²) in [5.74, 6) is 4.30. The molecule has 1 saturated heterocycles. The molecule has 1 nitrogen and oxygen atoms in total. The summed E-state index contributed by atoms with van der Waals surface area (Å²) in [5.41, 5.74) is 0. The van der Waals surface area contributed by atoms with Crippen LogP contribution in [0.2, 0.25) is 0 Å². The molecule has 0 bridgehead atoms. The van der Waals surface area contributed by atoms with Crippen molar-refractivity contribution in [2.45, 2.75) is 50.5 Å². The minimum Gasteiger partial charge on any atom is -0.258 e. The van der Waals surface area contributed by atoms with Gasteiger partial charge in [-0.05, 0) is 42.8 Å². The second-order valence-corrected chi connectivity index (χ2v) is 9.31. The van der Waals surface area contributed by atoms with Gasteiger partial charge in [0, 0.05) is 16.6 Å². The highest BCUT2D eigenvalue weighted by Crippen LogP contribution is 2.53. The van der Waals surface area contributed by atoms with Crippen molar-refractivity contribution in [2.75, 3.05) is 11.5 Å². The third-order valence-electron chi connectivity index (χ3n) is 4.18. The van der Waals surface area contributed by atoms with Crippen LogP contribution in [0.4, 0.5) is 0 Å². The zero-order chi connectivity index (χ0) is 11.8. The molecule has 4 atom stereocenters. The van der Waals surface area contributed by atoms with E-state index in [-0.39, 0.29) is 4.08 Å². The molecule has 1 aliphatic carbocycles. The number of hydrogen-bond donors (Lipinski definition) is 0. The third-order valence-corrected chi connectivity index (χ3v) is 8.44. The van der Waals surface area contributed by atoms with Crippen molar-refractivity contribution in [3.63, 3.8) is 0 Å². The van der Waals surface area contributed by atoms with Crippen LogP contribution in [-0.4, -0.2) is 19.8 Å². The summed E-state index contributed by atoms with van der Waals surface area (Å²) in [6.07, 6.45) is 4.96. The first-order valence-corrected chi connectivity index (χ1v) is 8.89. The second kappa shape index (κ2) is 5.01. The minimum absolute atomic E-state index is 0.115. The van der Waals surface area contributed by atoms with Gasteiger partial charge in [0.05, 0.1) is 4.08 Å².